The quantitative estimate of drug-likeness (QED) is 0.424. The van der Waals surface area contributed by atoms with Gasteiger partial charge in [-0.1, -0.05) is 6.92 Å². The Balaban J connectivity index is 1.77. The number of pyridine rings is 2. The Morgan fingerprint density at radius 3 is 2.86 bits per heavy atom. The maximum atomic E-state index is 13.1. The Labute approximate surface area is 159 Å². The molecule has 0 saturated carbocycles. The lowest BCUT2D eigenvalue weighted by atomic mass is 9.86. The molecule has 3 aromatic rings. The third-order valence-electron chi connectivity index (χ3n) is 5.67. The lowest BCUT2D eigenvalue weighted by Crippen LogP contribution is -2.44. The number of carbonyl (C=O) groups excluding carboxylic acids is 2. The fraction of sp³-hybridized carbons (Fsp3) is 0.238. The molecule has 0 spiro atoms. The number of hydrogen-bond acceptors (Lipinski definition) is 6. The van der Waals surface area contributed by atoms with E-state index in [0.717, 1.165) is 17.2 Å². The number of aliphatic hydroxyl groups is 1. The van der Waals surface area contributed by atoms with Crippen molar-refractivity contribution < 1.29 is 19.4 Å². The first-order chi connectivity index (χ1) is 13.5. The van der Waals surface area contributed by atoms with Crippen LogP contribution in [0.2, 0.25) is 0 Å². The van der Waals surface area contributed by atoms with E-state index < -0.39 is 11.6 Å². The number of rotatable bonds is 2. The summed E-state index contributed by atoms with van der Waals surface area (Å²) < 4.78 is 6.65. The number of aromatic nitrogens is 2. The predicted octanol–water partition coefficient (Wildman–Crippen LogP) is 1.89. The first kappa shape index (κ1) is 16.8. The first-order valence-electron chi connectivity index (χ1n) is 9.02. The summed E-state index contributed by atoms with van der Waals surface area (Å²) in [7, 11) is 0. The molecule has 0 saturated heterocycles. The van der Waals surface area contributed by atoms with Gasteiger partial charge in [0.2, 0.25) is 0 Å². The smallest absolute Gasteiger partial charge is 0.343 e. The van der Waals surface area contributed by atoms with Gasteiger partial charge >= 0.3 is 5.97 Å². The number of esters is 1. The van der Waals surface area contributed by atoms with Crippen molar-refractivity contribution in [2.75, 3.05) is 0 Å². The third kappa shape index (κ3) is 2.07. The number of carbonyl (C=O) groups is 2. The number of aldehydes is 1. The van der Waals surface area contributed by atoms with Crippen molar-refractivity contribution in [1.29, 1.82) is 0 Å². The summed E-state index contributed by atoms with van der Waals surface area (Å²) in [5.74, 6) is -0.738. The van der Waals surface area contributed by atoms with Gasteiger partial charge in [0.1, 0.15) is 12.9 Å². The van der Waals surface area contributed by atoms with Crippen molar-refractivity contribution in [3.63, 3.8) is 0 Å². The Morgan fingerprint density at radius 1 is 1.29 bits per heavy atom. The molecule has 7 heteroatoms. The van der Waals surface area contributed by atoms with Crippen LogP contribution in [0.25, 0.3) is 22.3 Å². The van der Waals surface area contributed by atoms with Crippen LogP contribution in [0.15, 0.2) is 35.1 Å². The summed E-state index contributed by atoms with van der Waals surface area (Å²) in [5.41, 5.74) is 1.80. The average molecular weight is 376 g/mol. The molecule has 28 heavy (non-hydrogen) atoms. The minimum atomic E-state index is -1.83. The molecule has 1 atom stereocenters. The van der Waals surface area contributed by atoms with Gasteiger partial charge in [-0.15, -0.1) is 0 Å². The zero-order valence-electron chi connectivity index (χ0n) is 15.1. The average Bonchev–Trinajstić information content (AvgIpc) is 3.07. The summed E-state index contributed by atoms with van der Waals surface area (Å²) in [6, 6.07) is 8.82. The van der Waals surface area contributed by atoms with E-state index in [1.54, 1.807) is 35.8 Å². The summed E-state index contributed by atoms with van der Waals surface area (Å²) in [5, 5.41) is 11.7. The normalized spacial score (nSPS) is 19.7. The second-order valence-corrected chi connectivity index (χ2v) is 7.17. The molecule has 7 nitrogen and oxygen atoms in total. The highest BCUT2D eigenvalue weighted by Crippen LogP contribution is 2.38. The standard InChI is InChI=1S/C21H16N2O5/c1-2-21(27)15-7-17-18-13(6-12-5-11(9-24)3-4-16(12)22-18)8-23(17)19(25)14(15)10-28-20(21)26/h3-7,9,27H,2,8,10H2,1H3/t21-/m0/s1. The topological polar surface area (TPSA) is 98.5 Å². The van der Waals surface area contributed by atoms with Crippen LogP contribution in [0.5, 0.6) is 0 Å². The van der Waals surface area contributed by atoms with Crippen LogP contribution in [0.4, 0.5) is 0 Å². The van der Waals surface area contributed by atoms with Crippen LogP contribution in [0.3, 0.4) is 0 Å². The van der Waals surface area contributed by atoms with Gasteiger partial charge in [0.15, 0.2) is 5.60 Å². The van der Waals surface area contributed by atoms with Gasteiger partial charge in [0.25, 0.3) is 5.56 Å². The Kier molecular flexibility index (Phi) is 3.36. The highest BCUT2D eigenvalue weighted by atomic mass is 16.6. The van der Waals surface area contributed by atoms with Gasteiger partial charge in [0.05, 0.1) is 29.0 Å². The number of nitrogens with zero attached hydrogens (tertiary/aromatic N) is 2. The third-order valence-corrected chi connectivity index (χ3v) is 5.67. The van der Waals surface area contributed by atoms with Gasteiger partial charge < -0.3 is 14.4 Å². The van der Waals surface area contributed by atoms with Crippen molar-refractivity contribution in [2.45, 2.75) is 32.1 Å². The Morgan fingerprint density at radius 2 is 2.11 bits per heavy atom. The fourth-order valence-electron chi connectivity index (χ4n) is 4.08. The van der Waals surface area contributed by atoms with Gasteiger partial charge in [-0.05, 0) is 36.8 Å². The lowest BCUT2D eigenvalue weighted by Gasteiger charge is -2.31. The number of hydrogen-bond donors (Lipinski definition) is 1. The van der Waals surface area contributed by atoms with E-state index in [1.807, 2.05) is 6.07 Å². The number of cyclic esters (lactones) is 1. The monoisotopic (exact) mass is 376 g/mol. The number of fused-ring (bicyclic) bond motifs is 5. The number of ether oxygens (including phenoxy) is 1. The Bertz CT molecular complexity index is 1260. The summed E-state index contributed by atoms with van der Waals surface area (Å²) in [6.07, 6.45) is 0.886. The highest BCUT2D eigenvalue weighted by Gasteiger charge is 2.45. The lowest BCUT2D eigenvalue weighted by molar-refractivity contribution is -0.172. The second-order valence-electron chi connectivity index (χ2n) is 7.17. The molecule has 2 aliphatic heterocycles. The second kappa shape index (κ2) is 5.59. The van der Waals surface area contributed by atoms with Gasteiger partial charge in [-0.25, -0.2) is 9.78 Å². The molecule has 0 bridgehead atoms. The van der Waals surface area contributed by atoms with Crippen LogP contribution >= 0.6 is 0 Å². The molecule has 4 heterocycles. The van der Waals surface area contributed by atoms with Gasteiger partial charge in [0, 0.05) is 22.1 Å². The zero-order chi connectivity index (χ0) is 19.6. The maximum absolute atomic E-state index is 13.1. The molecule has 0 radical (unpaired) electrons. The molecule has 2 aromatic heterocycles. The molecule has 5 rings (SSSR count). The summed E-state index contributed by atoms with van der Waals surface area (Å²) >= 11 is 0. The van der Waals surface area contributed by atoms with Crippen LogP contribution < -0.4 is 5.56 Å². The molecule has 140 valence electrons. The van der Waals surface area contributed by atoms with E-state index in [-0.39, 0.29) is 18.6 Å². The predicted molar refractivity (Wildman–Crippen MR) is 99.9 cm³/mol. The van der Waals surface area contributed by atoms with Crippen molar-refractivity contribution in [3.8, 4) is 11.4 Å². The van der Waals surface area contributed by atoms with E-state index in [1.165, 1.54) is 0 Å². The van der Waals surface area contributed by atoms with Crippen molar-refractivity contribution in [3.05, 3.63) is 62.9 Å². The van der Waals surface area contributed by atoms with E-state index in [2.05, 4.69) is 4.98 Å². The zero-order valence-corrected chi connectivity index (χ0v) is 15.1. The van der Waals surface area contributed by atoms with E-state index >= 15 is 0 Å². The maximum Gasteiger partial charge on any atom is 0.343 e. The minimum absolute atomic E-state index is 0.105. The van der Waals surface area contributed by atoms with Crippen LogP contribution in [0, 0.1) is 0 Å². The molecule has 0 amide bonds. The van der Waals surface area contributed by atoms with Crippen molar-refractivity contribution in [1.82, 2.24) is 9.55 Å². The Hall–Kier alpha value is -3.32. The molecular formula is C21H16N2O5. The van der Waals surface area contributed by atoms with Crippen LogP contribution in [-0.4, -0.2) is 26.9 Å². The van der Waals surface area contributed by atoms with Crippen molar-refractivity contribution >= 4 is 23.2 Å². The van der Waals surface area contributed by atoms with Crippen molar-refractivity contribution in [2.24, 2.45) is 0 Å². The van der Waals surface area contributed by atoms with E-state index in [0.29, 0.717) is 40.1 Å². The summed E-state index contributed by atoms with van der Waals surface area (Å²) in [4.78, 5) is 41.0. The highest BCUT2D eigenvalue weighted by molar-refractivity contribution is 5.90. The first-order valence-corrected chi connectivity index (χ1v) is 9.02. The minimum Gasteiger partial charge on any atom is -0.458 e. The largest absolute Gasteiger partial charge is 0.458 e. The van der Waals surface area contributed by atoms with Crippen LogP contribution in [0.1, 0.15) is 40.4 Å². The molecule has 1 N–H and O–H groups in total. The van der Waals surface area contributed by atoms with E-state index in [4.69, 9.17) is 4.74 Å². The molecule has 0 aliphatic carbocycles. The molecular weight excluding hydrogens is 360 g/mol. The fourth-order valence-corrected chi connectivity index (χ4v) is 4.08. The SMILES string of the molecule is CC[C@@]1(O)C(=O)OCc2c1cc1n(c2=O)Cc2cc3cc(C=O)ccc3nc2-1. The molecule has 0 fully saturated rings. The van der Waals surface area contributed by atoms with Gasteiger partial charge in [-0.3, -0.25) is 9.59 Å². The van der Waals surface area contributed by atoms with Gasteiger partial charge in [-0.2, -0.15) is 0 Å². The van der Waals surface area contributed by atoms with E-state index in [9.17, 15) is 19.5 Å². The molecule has 2 aliphatic rings. The summed E-state index contributed by atoms with van der Waals surface area (Å²) in [6.45, 7) is 1.86. The molecule has 0 unspecified atom stereocenters. The van der Waals surface area contributed by atoms with Crippen LogP contribution in [-0.2, 0) is 28.3 Å². The molecule has 1 aromatic carbocycles. The number of benzene rings is 1.